The van der Waals surface area contributed by atoms with E-state index in [1.807, 2.05) is 0 Å². The van der Waals surface area contributed by atoms with Crippen molar-refractivity contribution in [2.24, 2.45) is 7.05 Å². The maximum absolute atomic E-state index is 2.53. The first-order chi connectivity index (χ1) is 49.4. The molecule has 0 aliphatic heterocycles. The molecular formula is C96H66N4. The molecule has 19 aromatic rings. The number of rotatable bonds is 12. The molecule has 4 heteroatoms. The molecule has 0 bridgehead atoms. The molecule has 0 fully saturated rings. The minimum atomic E-state index is 1.07. The first kappa shape index (κ1) is 58.3. The summed E-state index contributed by atoms with van der Waals surface area (Å²) in [4.78, 5) is 4.64. The fraction of sp³-hybridized carbons (Fsp3) is 0.0208. The zero-order valence-electron chi connectivity index (χ0n) is 55.4. The van der Waals surface area contributed by atoms with Crippen LogP contribution < -0.4 is 9.80 Å². The third kappa shape index (κ3) is 9.83. The molecule has 4 nitrogen and oxygen atoms in total. The molecule has 0 atom stereocenters. The van der Waals surface area contributed by atoms with Gasteiger partial charge in [-0.1, -0.05) is 273 Å². The van der Waals surface area contributed by atoms with E-state index in [2.05, 4.69) is 397 Å². The van der Waals surface area contributed by atoms with E-state index in [0.717, 1.165) is 67.5 Å². The van der Waals surface area contributed by atoms with Gasteiger partial charge in [0.2, 0.25) is 0 Å². The lowest BCUT2D eigenvalue weighted by Crippen LogP contribution is -2.10. The molecule has 17 aromatic carbocycles. The molecular weight excluding hydrogens is 1210 g/mol. The zero-order valence-corrected chi connectivity index (χ0v) is 55.4. The molecule has 19 rings (SSSR count). The highest BCUT2D eigenvalue weighted by atomic mass is 15.1. The van der Waals surface area contributed by atoms with Crippen LogP contribution in [-0.2, 0) is 7.05 Å². The Labute approximate surface area is 581 Å². The topological polar surface area (TPSA) is 16.3 Å². The Bertz CT molecular complexity index is 6390. The maximum Gasteiger partial charge on any atom is 0.0625 e. The Hall–Kier alpha value is -13.0. The quantitative estimate of drug-likeness (QED) is 0.113. The zero-order chi connectivity index (χ0) is 66.4. The second-order valence-electron chi connectivity index (χ2n) is 26.5. The summed E-state index contributed by atoms with van der Waals surface area (Å²) in [5, 5.41) is 15.0. The SMILES string of the molecule is CN(c1ccccc1)c1ccc(-c2ccc(-c3ccc4c5c6ccc(-c7cccc(N(c8ccc(-c9ccc%10c%11c%12ccccc%12c%12ccccc%12c%11n(C)c%10c9)cc8)c8cccc(-c9ccccc9)c8)c7)cc6c6ccccc6c5n(-c5cccc(-c6ccccc6)c5)c4c3)cc2)cc1. The van der Waals surface area contributed by atoms with Gasteiger partial charge in [-0.05, 0) is 190 Å². The van der Waals surface area contributed by atoms with E-state index in [1.165, 1.54) is 120 Å². The summed E-state index contributed by atoms with van der Waals surface area (Å²) in [6.45, 7) is 0. The first-order valence-corrected chi connectivity index (χ1v) is 34.5. The average Bonchev–Trinajstić information content (AvgIpc) is 1.52. The normalized spacial score (nSPS) is 11.7. The van der Waals surface area contributed by atoms with Crippen molar-refractivity contribution in [1.29, 1.82) is 0 Å². The number of fused-ring (bicyclic) bond motifs is 16. The number of para-hydroxylation sites is 1. The molecule has 0 aliphatic rings. The number of aryl methyl sites for hydroxylation is 1. The van der Waals surface area contributed by atoms with E-state index in [1.54, 1.807) is 0 Å². The van der Waals surface area contributed by atoms with Crippen LogP contribution in [0, 0.1) is 0 Å². The van der Waals surface area contributed by atoms with Gasteiger partial charge in [0.1, 0.15) is 0 Å². The van der Waals surface area contributed by atoms with Crippen molar-refractivity contribution in [2.45, 2.75) is 0 Å². The molecule has 0 aliphatic carbocycles. The monoisotopic (exact) mass is 1270 g/mol. The highest BCUT2D eigenvalue weighted by Gasteiger charge is 2.23. The second kappa shape index (κ2) is 24.0. The van der Waals surface area contributed by atoms with Gasteiger partial charge in [0, 0.05) is 86.1 Å². The van der Waals surface area contributed by atoms with Gasteiger partial charge in [-0.3, -0.25) is 0 Å². The highest BCUT2D eigenvalue weighted by molar-refractivity contribution is 6.34. The van der Waals surface area contributed by atoms with E-state index < -0.39 is 0 Å². The van der Waals surface area contributed by atoms with Crippen LogP contribution in [0.25, 0.3) is 159 Å². The highest BCUT2D eigenvalue weighted by Crippen LogP contribution is 2.48. The van der Waals surface area contributed by atoms with Gasteiger partial charge < -0.3 is 18.9 Å². The van der Waals surface area contributed by atoms with Crippen LogP contribution in [0.3, 0.4) is 0 Å². The fourth-order valence-electron chi connectivity index (χ4n) is 15.9. The number of hydrogen-bond donors (Lipinski definition) is 0. The van der Waals surface area contributed by atoms with Crippen LogP contribution in [0.2, 0.25) is 0 Å². The van der Waals surface area contributed by atoms with Crippen LogP contribution >= 0.6 is 0 Å². The van der Waals surface area contributed by atoms with Gasteiger partial charge in [0.05, 0.1) is 16.6 Å². The summed E-state index contributed by atoms with van der Waals surface area (Å²) < 4.78 is 4.93. The lowest BCUT2D eigenvalue weighted by molar-refractivity contribution is 1.02. The summed E-state index contributed by atoms with van der Waals surface area (Å²) in [6, 6.07) is 134. The third-order valence-electron chi connectivity index (χ3n) is 20.9. The number of nitrogens with zero attached hydrogens (tertiary/aromatic N) is 4. The maximum atomic E-state index is 2.53. The smallest absolute Gasteiger partial charge is 0.0625 e. The molecule has 470 valence electrons. The third-order valence-corrected chi connectivity index (χ3v) is 20.9. The minimum absolute atomic E-state index is 1.07. The molecule has 0 spiro atoms. The molecule has 0 saturated heterocycles. The Morgan fingerprint density at radius 3 is 1.14 bits per heavy atom. The molecule has 0 amide bonds. The molecule has 0 radical (unpaired) electrons. The molecule has 0 saturated carbocycles. The fourth-order valence-corrected chi connectivity index (χ4v) is 15.9. The first-order valence-electron chi connectivity index (χ1n) is 34.5. The van der Waals surface area contributed by atoms with Crippen molar-refractivity contribution >= 4 is 115 Å². The van der Waals surface area contributed by atoms with Crippen LogP contribution in [0.5, 0.6) is 0 Å². The van der Waals surface area contributed by atoms with E-state index >= 15 is 0 Å². The number of anilines is 5. The van der Waals surface area contributed by atoms with Gasteiger partial charge in [-0.25, -0.2) is 0 Å². The van der Waals surface area contributed by atoms with Crippen LogP contribution in [0.15, 0.2) is 364 Å². The van der Waals surface area contributed by atoms with Gasteiger partial charge in [-0.15, -0.1) is 0 Å². The Kier molecular flexibility index (Phi) is 14.0. The number of hydrogen-bond acceptors (Lipinski definition) is 2. The van der Waals surface area contributed by atoms with Gasteiger partial charge in [-0.2, -0.15) is 0 Å². The Morgan fingerprint density at radius 2 is 0.550 bits per heavy atom. The predicted octanol–water partition coefficient (Wildman–Crippen LogP) is 26.3. The summed E-state index contributed by atoms with van der Waals surface area (Å²) in [5.74, 6) is 0. The van der Waals surface area contributed by atoms with E-state index in [4.69, 9.17) is 0 Å². The van der Waals surface area contributed by atoms with Crippen molar-refractivity contribution in [1.82, 2.24) is 9.13 Å². The van der Waals surface area contributed by atoms with Crippen LogP contribution in [0.1, 0.15) is 0 Å². The number of benzene rings is 17. The standard InChI is InChI=1S/C96H66N4/c1-97(75-28-10-5-11-29-75)76-50-43-66(44-51-76)65-39-41-67(42-40-65)74-49-56-89-92(62-74)100(80-32-19-26-70(58-80)64-23-8-4-9-24-64)96-87-38-17-14-35-83(87)90-60-72(47-54-85(90)94(89)96)71-27-20-31-79(59-71)99(78-30-18-25-69(57-78)63-21-6-3-7-22-63)77-52-45-68(46-53-77)73-48-55-88-91(61-73)98(2)95-86-37-16-13-34-82(86)81-33-12-15-36-84(81)93(88)95/h3-62H,1-2H3. The minimum Gasteiger partial charge on any atom is -0.345 e. The van der Waals surface area contributed by atoms with E-state index in [0.29, 0.717) is 0 Å². The lowest BCUT2D eigenvalue weighted by Gasteiger charge is -2.27. The molecule has 0 unspecified atom stereocenters. The Morgan fingerprint density at radius 1 is 0.210 bits per heavy atom. The number of aromatic nitrogens is 2. The second-order valence-corrected chi connectivity index (χ2v) is 26.5. The van der Waals surface area contributed by atoms with E-state index in [9.17, 15) is 0 Å². The summed E-state index contributed by atoms with van der Waals surface area (Å²) in [6.07, 6.45) is 0. The molecule has 100 heavy (non-hydrogen) atoms. The summed E-state index contributed by atoms with van der Waals surface area (Å²) in [5.41, 5.74) is 25.5. The van der Waals surface area contributed by atoms with E-state index in [-0.39, 0.29) is 0 Å². The van der Waals surface area contributed by atoms with Gasteiger partial charge in [0.15, 0.2) is 0 Å². The van der Waals surface area contributed by atoms with Crippen molar-refractivity contribution in [3.63, 3.8) is 0 Å². The van der Waals surface area contributed by atoms with Crippen molar-refractivity contribution < 1.29 is 0 Å². The average molecular weight is 1280 g/mol. The molecule has 2 heterocycles. The summed E-state index contributed by atoms with van der Waals surface area (Å²) >= 11 is 0. The van der Waals surface area contributed by atoms with Crippen molar-refractivity contribution in [3.05, 3.63) is 364 Å². The predicted molar refractivity (Wildman–Crippen MR) is 427 cm³/mol. The summed E-state index contributed by atoms with van der Waals surface area (Å²) in [7, 11) is 4.34. The van der Waals surface area contributed by atoms with Crippen LogP contribution in [-0.4, -0.2) is 16.2 Å². The van der Waals surface area contributed by atoms with Gasteiger partial charge in [0.25, 0.3) is 0 Å². The molecule has 2 aromatic heterocycles. The van der Waals surface area contributed by atoms with Crippen molar-refractivity contribution in [3.8, 4) is 72.4 Å². The van der Waals surface area contributed by atoms with Gasteiger partial charge >= 0.3 is 0 Å². The van der Waals surface area contributed by atoms with Crippen molar-refractivity contribution in [2.75, 3.05) is 16.8 Å². The Balaban J connectivity index is 0.722. The largest absolute Gasteiger partial charge is 0.345 e. The van der Waals surface area contributed by atoms with Crippen LogP contribution in [0.4, 0.5) is 28.4 Å². The molecule has 0 N–H and O–H groups in total. The lowest BCUT2D eigenvalue weighted by atomic mass is 9.93.